The zero-order chi connectivity index (χ0) is 15.0. The molecule has 3 rings (SSSR count). The molecule has 0 aliphatic heterocycles. The van der Waals surface area contributed by atoms with Crippen molar-refractivity contribution in [2.75, 3.05) is 0 Å². The molecule has 108 valence electrons. The van der Waals surface area contributed by atoms with Crippen molar-refractivity contribution in [3.63, 3.8) is 0 Å². The van der Waals surface area contributed by atoms with Gasteiger partial charge < -0.3 is 9.67 Å². The number of nitrogens with zero attached hydrogens (tertiary/aromatic N) is 2. The number of aromatic nitrogens is 2. The lowest BCUT2D eigenvalue weighted by atomic mass is 10.1. The lowest BCUT2D eigenvalue weighted by molar-refractivity contribution is 0.475. The Balaban J connectivity index is 2.11. The van der Waals surface area contributed by atoms with Crippen LogP contribution >= 0.6 is 11.6 Å². The van der Waals surface area contributed by atoms with E-state index in [-0.39, 0.29) is 11.8 Å². The number of benzene rings is 2. The van der Waals surface area contributed by atoms with E-state index >= 15 is 0 Å². The highest BCUT2D eigenvalue weighted by Crippen LogP contribution is 2.28. The number of halogens is 1. The minimum atomic E-state index is 0.277. The molecular weight excluding hydrogens is 284 g/mol. The van der Waals surface area contributed by atoms with Crippen molar-refractivity contribution in [1.29, 1.82) is 0 Å². The molecule has 0 saturated carbocycles. The highest BCUT2D eigenvalue weighted by molar-refractivity contribution is 6.35. The van der Waals surface area contributed by atoms with E-state index in [0.29, 0.717) is 6.42 Å². The average molecular weight is 301 g/mol. The molecule has 0 atom stereocenters. The van der Waals surface area contributed by atoms with Crippen molar-refractivity contribution in [3.8, 4) is 5.75 Å². The smallest absolute Gasteiger partial charge is 0.115 e. The van der Waals surface area contributed by atoms with E-state index in [2.05, 4.69) is 18.4 Å². The Morgan fingerprint density at radius 1 is 1.14 bits per heavy atom. The van der Waals surface area contributed by atoms with Crippen molar-refractivity contribution in [3.05, 3.63) is 58.9 Å². The Kier molecular flexibility index (Phi) is 3.60. The zero-order valence-corrected chi connectivity index (χ0v) is 12.8. The quantitative estimate of drug-likeness (QED) is 0.769. The molecule has 3 nitrogen and oxygen atoms in total. The molecule has 0 aliphatic rings. The van der Waals surface area contributed by atoms with E-state index < -0.39 is 0 Å². The first-order valence-corrected chi connectivity index (χ1v) is 7.37. The van der Waals surface area contributed by atoms with Crippen molar-refractivity contribution >= 4 is 22.6 Å². The van der Waals surface area contributed by atoms with Crippen molar-refractivity contribution in [2.45, 2.75) is 26.3 Å². The second-order valence-electron chi connectivity index (χ2n) is 5.44. The van der Waals surface area contributed by atoms with E-state index in [9.17, 15) is 5.11 Å². The highest BCUT2D eigenvalue weighted by atomic mass is 35.5. The minimum Gasteiger partial charge on any atom is -0.508 e. The third-order valence-electron chi connectivity index (χ3n) is 3.55. The van der Waals surface area contributed by atoms with Gasteiger partial charge in [-0.2, -0.15) is 0 Å². The predicted octanol–water partition coefficient (Wildman–Crippen LogP) is 4.57. The van der Waals surface area contributed by atoms with Crippen molar-refractivity contribution in [1.82, 2.24) is 9.55 Å². The van der Waals surface area contributed by atoms with Gasteiger partial charge in [-0.15, -0.1) is 0 Å². The van der Waals surface area contributed by atoms with E-state index in [1.54, 1.807) is 12.1 Å². The van der Waals surface area contributed by atoms with Gasteiger partial charge in [0.25, 0.3) is 0 Å². The maximum Gasteiger partial charge on any atom is 0.115 e. The first-order valence-electron chi connectivity index (χ1n) is 6.99. The zero-order valence-electron chi connectivity index (χ0n) is 12.0. The van der Waals surface area contributed by atoms with Gasteiger partial charge in [0.2, 0.25) is 0 Å². The fraction of sp³-hybridized carbons (Fsp3) is 0.235. The third-order valence-corrected chi connectivity index (χ3v) is 3.85. The molecule has 21 heavy (non-hydrogen) atoms. The number of imidazole rings is 1. The summed E-state index contributed by atoms with van der Waals surface area (Å²) in [6.45, 7) is 4.26. The number of phenolic OH excluding ortho intramolecular Hbond substituents is 1. The Morgan fingerprint density at radius 3 is 2.52 bits per heavy atom. The van der Waals surface area contributed by atoms with Gasteiger partial charge in [-0.05, 0) is 43.7 Å². The molecule has 3 aromatic rings. The summed E-state index contributed by atoms with van der Waals surface area (Å²) in [6, 6.07) is 13.3. The second-order valence-corrected chi connectivity index (χ2v) is 5.85. The van der Waals surface area contributed by atoms with Crippen LogP contribution in [0.4, 0.5) is 0 Å². The van der Waals surface area contributed by atoms with Crippen LogP contribution in [0.3, 0.4) is 0 Å². The Morgan fingerprint density at radius 2 is 1.86 bits per heavy atom. The molecule has 0 spiro atoms. The summed E-state index contributed by atoms with van der Waals surface area (Å²) in [6.07, 6.45) is 0.712. The number of hydrogen-bond acceptors (Lipinski definition) is 2. The van der Waals surface area contributed by atoms with Gasteiger partial charge in [-0.3, -0.25) is 0 Å². The van der Waals surface area contributed by atoms with Gasteiger partial charge in [-0.25, -0.2) is 4.98 Å². The summed E-state index contributed by atoms with van der Waals surface area (Å²) in [5.41, 5.74) is 3.02. The summed E-state index contributed by atoms with van der Waals surface area (Å²) < 4.78 is 2.19. The largest absolute Gasteiger partial charge is 0.508 e. The first kappa shape index (κ1) is 14.0. The molecule has 2 aromatic carbocycles. The van der Waals surface area contributed by atoms with Crippen molar-refractivity contribution < 1.29 is 5.11 Å². The van der Waals surface area contributed by atoms with Gasteiger partial charge in [0.05, 0.1) is 16.1 Å². The lowest BCUT2D eigenvalue weighted by Crippen LogP contribution is -2.07. The van der Waals surface area contributed by atoms with Gasteiger partial charge >= 0.3 is 0 Å². The minimum absolute atomic E-state index is 0.277. The molecule has 1 N–H and O–H groups in total. The van der Waals surface area contributed by atoms with E-state index in [0.717, 1.165) is 27.4 Å². The second kappa shape index (κ2) is 5.41. The molecule has 0 fully saturated rings. The topological polar surface area (TPSA) is 38.0 Å². The summed E-state index contributed by atoms with van der Waals surface area (Å²) in [5.74, 6) is 1.26. The van der Waals surface area contributed by atoms with E-state index in [1.165, 1.54) is 0 Å². The number of hydrogen-bond donors (Lipinski definition) is 1. The standard InChI is InChI=1S/C17H17ClN2O/c1-11(2)20-16(10-12-6-8-13(21)9-7-12)19-15-5-3-4-14(18)17(15)20/h3-9,11,21H,10H2,1-2H3. The molecule has 4 heteroatoms. The molecule has 0 unspecified atom stereocenters. The summed E-state index contributed by atoms with van der Waals surface area (Å²) in [4.78, 5) is 4.73. The molecule has 0 amide bonds. The molecule has 0 aliphatic carbocycles. The molecule has 1 aromatic heterocycles. The highest BCUT2D eigenvalue weighted by Gasteiger charge is 2.15. The molecule has 0 radical (unpaired) electrons. The van der Waals surface area contributed by atoms with Crippen LogP contribution in [-0.4, -0.2) is 14.7 Å². The molecule has 1 heterocycles. The normalized spacial score (nSPS) is 11.4. The van der Waals surface area contributed by atoms with Crippen LogP contribution in [0.5, 0.6) is 5.75 Å². The summed E-state index contributed by atoms with van der Waals surface area (Å²) in [5, 5.41) is 10.1. The third kappa shape index (κ3) is 2.61. The molecular formula is C17H17ClN2O. The Labute approximate surface area is 128 Å². The Bertz CT molecular complexity index is 775. The van der Waals surface area contributed by atoms with Gasteiger partial charge in [0, 0.05) is 12.5 Å². The Hall–Kier alpha value is -2.00. The van der Waals surface area contributed by atoms with Gasteiger partial charge in [-0.1, -0.05) is 29.8 Å². The predicted molar refractivity (Wildman–Crippen MR) is 86.0 cm³/mol. The fourth-order valence-electron chi connectivity index (χ4n) is 2.63. The molecule has 0 saturated heterocycles. The van der Waals surface area contributed by atoms with Gasteiger partial charge in [0.1, 0.15) is 11.6 Å². The van der Waals surface area contributed by atoms with Crippen LogP contribution in [0.2, 0.25) is 5.02 Å². The van der Waals surface area contributed by atoms with Crippen LogP contribution in [0.15, 0.2) is 42.5 Å². The van der Waals surface area contributed by atoms with Crippen LogP contribution in [0.1, 0.15) is 31.3 Å². The van der Waals surface area contributed by atoms with Gasteiger partial charge in [0.15, 0.2) is 0 Å². The van der Waals surface area contributed by atoms with Crippen molar-refractivity contribution in [2.24, 2.45) is 0 Å². The van der Waals surface area contributed by atoms with Crippen LogP contribution < -0.4 is 0 Å². The number of aromatic hydroxyl groups is 1. The monoisotopic (exact) mass is 300 g/mol. The number of rotatable bonds is 3. The van der Waals surface area contributed by atoms with E-state index in [4.69, 9.17) is 16.6 Å². The summed E-state index contributed by atoms with van der Waals surface area (Å²) >= 11 is 6.35. The van der Waals surface area contributed by atoms with Crippen LogP contribution in [0, 0.1) is 0 Å². The maximum atomic E-state index is 9.38. The van der Waals surface area contributed by atoms with Crippen LogP contribution in [0.25, 0.3) is 11.0 Å². The molecule has 0 bridgehead atoms. The number of fused-ring (bicyclic) bond motifs is 1. The SMILES string of the molecule is CC(C)n1c(Cc2ccc(O)cc2)nc2cccc(Cl)c21. The fourth-order valence-corrected chi connectivity index (χ4v) is 2.89. The average Bonchev–Trinajstić information content (AvgIpc) is 2.81. The first-order chi connectivity index (χ1) is 10.1. The number of phenols is 1. The lowest BCUT2D eigenvalue weighted by Gasteiger charge is -2.14. The van der Waals surface area contributed by atoms with E-state index in [1.807, 2.05) is 30.3 Å². The van der Waals surface area contributed by atoms with Crippen LogP contribution in [-0.2, 0) is 6.42 Å². The summed E-state index contributed by atoms with van der Waals surface area (Å²) in [7, 11) is 0. The number of para-hydroxylation sites is 1. The maximum absolute atomic E-state index is 9.38.